The Morgan fingerprint density at radius 1 is 1.09 bits per heavy atom. The Bertz CT molecular complexity index is 902. The molecule has 172 valence electrons. The van der Waals surface area contributed by atoms with Gasteiger partial charge in [-0.05, 0) is 24.6 Å². The normalized spacial score (nSPS) is 20.0. The summed E-state index contributed by atoms with van der Waals surface area (Å²) in [7, 11) is 1.75. The quantitative estimate of drug-likeness (QED) is 0.514. The van der Waals surface area contributed by atoms with E-state index in [0.717, 1.165) is 63.7 Å². The minimum Gasteiger partial charge on any atom is -0.367 e. The predicted molar refractivity (Wildman–Crippen MR) is 122 cm³/mol. The van der Waals surface area contributed by atoms with Gasteiger partial charge in [-0.25, -0.2) is 18.7 Å². The summed E-state index contributed by atoms with van der Waals surface area (Å²) in [5, 5.41) is 6.80. The number of nitrogens with one attached hydrogen (secondary N) is 2. The highest BCUT2D eigenvalue weighted by Gasteiger charge is 2.25. The number of anilines is 2. The van der Waals surface area contributed by atoms with Gasteiger partial charge in [0.05, 0.1) is 5.69 Å². The van der Waals surface area contributed by atoms with Gasteiger partial charge in [0.2, 0.25) is 5.95 Å². The third-order valence-electron chi connectivity index (χ3n) is 5.93. The van der Waals surface area contributed by atoms with E-state index in [1.54, 1.807) is 19.4 Å². The van der Waals surface area contributed by atoms with Crippen LogP contribution in [0.15, 0.2) is 41.7 Å². The molecule has 8 nitrogen and oxygen atoms in total. The Balaban J connectivity index is 1.17. The van der Waals surface area contributed by atoms with Crippen molar-refractivity contribution in [1.29, 1.82) is 0 Å². The third kappa shape index (κ3) is 5.61. The Labute approximate surface area is 187 Å². The second-order valence-electron chi connectivity index (χ2n) is 8.05. The fraction of sp³-hybridized carbons (Fsp3) is 0.500. The summed E-state index contributed by atoms with van der Waals surface area (Å²) in [5.74, 6) is 0.459. The molecule has 1 aromatic carbocycles. The molecule has 1 unspecified atom stereocenters. The van der Waals surface area contributed by atoms with E-state index in [-0.39, 0.29) is 6.04 Å². The van der Waals surface area contributed by atoms with E-state index >= 15 is 0 Å². The standard InChI is InChI=1S/C22H30F2N8/c1-25-21(29-18-5-9-32(16-18)20-4-3-17(23)15-19(20)24)26-8-10-30-11-13-31(14-12-30)22-27-6-2-7-28-22/h2-4,6-7,15,18H,5,8-14,16H2,1H3,(H2,25,26,29). The first-order valence-electron chi connectivity index (χ1n) is 11.0. The summed E-state index contributed by atoms with van der Waals surface area (Å²) < 4.78 is 27.2. The Hall–Kier alpha value is -3.01. The monoisotopic (exact) mass is 444 g/mol. The first-order chi connectivity index (χ1) is 15.6. The molecule has 0 aliphatic carbocycles. The van der Waals surface area contributed by atoms with Crippen molar-refractivity contribution in [3.63, 3.8) is 0 Å². The molecule has 2 saturated heterocycles. The van der Waals surface area contributed by atoms with E-state index in [4.69, 9.17) is 0 Å². The molecule has 3 heterocycles. The van der Waals surface area contributed by atoms with Gasteiger partial charge in [0, 0.05) is 83.9 Å². The lowest BCUT2D eigenvalue weighted by molar-refractivity contribution is 0.260. The number of aromatic nitrogens is 2. The molecule has 0 spiro atoms. The lowest BCUT2D eigenvalue weighted by Crippen LogP contribution is -2.50. The van der Waals surface area contributed by atoms with Crippen molar-refractivity contribution in [2.24, 2.45) is 4.99 Å². The number of rotatable bonds is 6. The SMILES string of the molecule is CN=C(NCCN1CCN(c2ncccn2)CC1)NC1CCN(c2ccc(F)cc2F)C1. The smallest absolute Gasteiger partial charge is 0.225 e. The second-order valence-corrected chi connectivity index (χ2v) is 8.05. The average molecular weight is 445 g/mol. The number of nitrogens with zero attached hydrogens (tertiary/aromatic N) is 6. The van der Waals surface area contributed by atoms with Crippen LogP contribution in [0.5, 0.6) is 0 Å². The number of piperazine rings is 1. The van der Waals surface area contributed by atoms with Crippen LogP contribution in [0.25, 0.3) is 0 Å². The number of aliphatic imine (C=N–C) groups is 1. The van der Waals surface area contributed by atoms with Crippen molar-refractivity contribution in [3.8, 4) is 0 Å². The van der Waals surface area contributed by atoms with Gasteiger partial charge < -0.3 is 20.4 Å². The van der Waals surface area contributed by atoms with Gasteiger partial charge in [-0.1, -0.05) is 0 Å². The maximum Gasteiger partial charge on any atom is 0.225 e. The molecule has 2 aromatic rings. The summed E-state index contributed by atoms with van der Waals surface area (Å²) in [4.78, 5) is 19.5. The fourth-order valence-corrected chi connectivity index (χ4v) is 4.18. The first-order valence-corrected chi connectivity index (χ1v) is 11.0. The molecule has 2 aliphatic rings. The Morgan fingerprint density at radius 2 is 1.88 bits per heavy atom. The van der Waals surface area contributed by atoms with Crippen molar-refractivity contribution in [2.45, 2.75) is 12.5 Å². The number of hydrogen-bond acceptors (Lipinski definition) is 6. The average Bonchev–Trinajstić information content (AvgIpc) is 3.27. The summed E-state index contributed by atoms with van der Waals surface area (Å²) in [5.41, 5.74) is 0.443. The van der Waals surface area contributed by atoms with E-state index in [1.165, 1.54) is 12.1 Å². The lowest BCUT2D eigenvalue weighted by atomic mass is 10.2. The van der Waals surface area contributed by atoms with Gasteiger partial charge in [0.15, 0.2) is 5.96 Å². The number of benzene rings is 1. The maximum absolute atomic E-state index is 14.1. The van der Waals surface area contributed by atoms with Crippen molar-refractivity contribution in [3.05, 3.63) is 48.3 Å². The van der Waals surface area contributed by atoms with Crippen LogP contribution in [0, 0.1) is 11.6 Å². The molecule has 0 bridgehead atoms. The van der Waals surface area contributed by atoms with E-state index in [9.17, 15) is 8.78 Å². The fourth-order valence-electron chi connectivity index (χ4n) is 4.18. The molecule has 10 heteroatoms. The van der Waals surface area contributed by atoms with Crippen LogP contribution in [0.4, 0.5) is 20.4 Å². The molecule has 0 amide bonds. The minimum atomic E-state index is -0.556. The van der Waals surface area contributed by atoms with E-state index in [1.807, 2.05) is 11.0 Å². The molecule has 0 radical (unpaired) electrons. The predicted octanol–water partition coefficient (Wildman–Crippen LogP) is 1.32. The van der Waals surface area contributed by atoms with Crippen LogP contribution in [0.3, 0.4) is 0 Å². The number of halogens is 2. The third-order valence-corrected chi connectivity index (χ3v) is 5.93. The molecule has 1 aromatic heterocycles. The molecular weight excluding hydrogens is 414 g/mol. The maximum atomic E-state index is 14.1. The van der Waals surface area contributed by atoms with Crippen molar-refractivity contribution < 1.29 is 8.78 Å². The lowest BCUT2D eigenvalue weighted by Gasteiger charge is -2.34. The van der Waals surface area contributed by atoms with Crippen LogP contribution in [0.2, 0.25) is 0 Å². The molecule has 32 heavy (non-hydrogen) atoms. The zero-order valence-electron chi connectivity index (χ0n) is 18.3. The molecular formula is C22H30F2N8. The molecule has 2 N–H and O–H groups in total. The highest BCUT2D eigenvalue weighted by Crippen LogP contribution is 2.24. The van der Waals surface area contributed by atoms with E-state index in [2.05, 4.69) is 35.4 Å². The largest absolute Gasteiger partial charge is 0.367 e. The van der Waals surface area contributed by atoms with Gasteiger partial charge in [-0.2, -0.15) is 0 Å². The minimum absolute atomic E-state index is 0.153. The summed E-state index contributed by atoms with van der Waals surface area (Å²) >= 11 is 0. The Kier molecular flexibility index (Phi) is 7.31. The van der Waals surface area contributed by atoms with Crippen molar-refractivity contribution in [2.75, 3.05) is 69.2 Å². The summed E-state index contributed by atoms with van der Waals surface area (Å²) in [6.45, 7) is 6.81. The molecule has 2 fully saturated rings. The second kappa shape index (κ2) is 10.5. The van der Waals surface area contributed by atoms with Gasteiger partial charge in [-0.15, -0.1) is 0 Å². The van der Waals surface area contributed by atoms with E-state index in [0.29, 0.717) is 18.8 Å². The van der Waals surface area contributed by atoms with Crippen LogP contribution < -0.4 is 20.4 Å². The van der Waals surface area contributed by atoms with Gasteiger partial charge >= 0.3 is 0 Å². The zero-order chi connectivity index (χ0) is 22.3. The van der Waals surface area contributed by atoms with Gasteiger partial charge in [0.25, 0.3) is 0 Å². The Morgan fingerprint density at radius 3 is 2.59 bits per heavy atom. The zero-order valence-corrected chi connectivity index (χ0v) is 18.3. The van der Waals surface area contributed by atoms with Crippen LogP contribution in [-0.2, 0) is 0 Å². The summed E-state index contributed by atoms with van der Waals surface area (Å²) in [6, 6.07) is 5.72. The van der Waals surface area contributed by atoms with E-state index < -0.39 is 11.6 Å². The van der Waals surface area contributed by atoms with Crippen LogP contribution in [0.1, 0.15) is 6.42 Å². The van der Waals surface area contributed by atoms with Gasteiger partial charge in [0.1, 0.15) is 11.6 Å². The van der Waals surface area contributed by atoms with Crippen molar-refractivity contribution in [1.82, 2.24) is 25.5 Å². The summed E-state index contributed by atoms with van der Waals surface area (Å²) in [6.07, 6.45) is 4.41. The van der Waals surface area contributed by atoms with Crippen molar-refractivity contribution >= 4 is 17.6 Å². The molecule has 4 rings (SSSR count). The van der Waals surface area contributed by atoms with Crippen LogP contribution in [-0.4, -0.2) is 86.3 Å². The van der Waals surface area contributed by atoms with Gasteiger partial charge in [-0.3, -0.25) is 9.89 Å². The topological polar surface area (TPSA) is 71.9 Å². The molecule has 2 aliphatic heterocycles. The highest BCUT2D eigenvalue weighted by atomic mass is 19.1. The number of guanidine groups is 1. The van der Waals surface area contributed by atoms with Crippen LogP contribution >= 0.6 is 0 Å². The molecule has 1 atom stereocenters. The molecule has 0 saturated carbocycles. The number of hydrogen-bond donors (Lipinski definition) is 2. The first kappa shape index (κ1) is 22.2. The highest BCUT2D eigenvalue weighted by molar-refractivity contribution is 5.80.